The topological polar surface area (TPSA) is 48.9 Å². The summed E-state index contributed by atoms with van der Waals surface area (Å²) >= 11 is 0. The van der Waals surface area contributed by atoms with Crippen LogP contribution in [0.5, 0.6) is 5.75 Å². The molecule has 0 aromatic heterocycles. The SMILES string of the molecule is CCN(CC)CCCC(C)NC(=NC)NCc1cc(C)cc(OC)c1. The molecule has 1 rings (SSSR count). The molecule has 142 valence electrons. The second-order valence-electron chi connectivity index (χ2n) is 6.50. The molecule has 1 aromatic rings. The highest BCUT2D eigenvalue weighted by atomic mass is 16.5. The average Bonchev–Trinajstić information content (AvgIpc) is 2.61. The first-order valence-electron chi connectivity index (χ1n) is 9.36. The van der Waals surface area contributed by atoms with E-state index in [0.29, 0.717) is 6.04 Å². The summed E-state index contributed by atoms with van der Waals surface area (Å²) in [6.07, 6.45) is 2.33. The third-order valence-corrected chi connectivity index (χ3v) is 4.42. The van der Waals surface area contributed by atoms with E-state index in [4.69, 9.17) is 4.74 Å². The van der Waals surface area contributed by atoms with Gasteiger partial charge in [-0.3, -0.25) is 4.99 Å². The van der Waals surface area contributed by atoms with Gasteiger partial charge in [0.2, 0.25) is 0 Å². The lowest BCUT2D eigenvalue weighted by Gasteiger charge is -2.21. The smallest absolute Gasteiger partial charge is 0.191 e. The number of guanidine groups is 1. The molecule has 0 aliphatic carbocycles. The standard InChI is InChI=1S/C20H36N4O/c1-7-24(8-2)11-9-10-17(4)23-20(21-5)22-15-18-12-16(3)13-19(14-18)25-6/h12-14,17H,7-11,15H2,1-6H3,(H2,21,22,23). The van der Waals surface area contributed by atoms with Gasteiger partial charge in [0.05, 0.1) is 7.11 Å². The van der Waals surface area contributed by atoms with Crippen molar-refractivity contribution in [3.63, 3.8) is 0 Å². The minimum absolute atomic E-state index is 0.397. The van der Waals surface area contributed by atoms with E-state index in [1.54, 1.807) is 7.11 Å². The third kappa shape index (κ3) is 8.25. The molecule has 0 saturated heterocycles. The van der Waals surface area contributed by atoms with Crippen LogP contribution in [-0.2, 0) is 6.54 Å². The first-order chi connectivity index (χ1) is 12.0. The summed E-state index contributed by atoms with van der Waals surface area (Å²) in [5, 5.41) is 6.87. The molecule has 0 spiro atoms. The Morgan fingerprint density at radius 1 is 1.24 bits per heavy atom. The van der Waals surface area contributed by atoms with Crippen LogP contribution in [0.3, 0.4) is 0 Å². The van der Waals surface area contributed by atoms with Gasteiger partial charge in [0, 0.05) is 19.6 Å². The summed E-state index contributed by atoms with van der Waals surface area (Å²) in [6, 6.07) is 6.65. The quantitative estimate of drug-likeness (QED) is 0.504. The van der Waals surface area contributed by atoms with Gasteiger partial charge in [-0.1, -0.05) is 19.9 Å². The van der Waals surface area contributed by atoms with Gasteiger partial charge in [-0.05, 0) is 69.6 Å². The fraction of sp³-hybridized carbons (Fsp3) is 0.650. The van der Waals surface area contributed by atoms with E-state index in [1.807, 2.05) is 13.1 Å². The van der Waals surface area contributed by atoms with Gasteiger partial charge >= 0.3 is 0 Å². The van der Waals surface area contributed by atoms with Crippen LogP contribution >= 0.6 is 0 Å². The predicted molar refractivity (Wildman–Crippen MR) is 108 cm³/mol. The highest BCUT2D eigenvalue weighted by molar-refractivity contribution is 5.79. The van der Waals surface area contributed by atoms with Crippen molar-refractivity contribution in [2.75, 3.05) is 33.8 Å². The number of aliphatic imine (C=N–C) groups is 1. The van der Waals surface area contributed by atoms with E-state index in [-0.39, 0.29) is 0 Å². The molecular formula is C20H36N4O. The van der Waals surface area contributed by atoms with Crippen molar-refractivity contribution in [3.05, 3.63) is 29.3 Å². The molecule has 1 aromatic carbocycles. The Kier molecular flexibility index (Phi) is 10.0. The molecule has 25 heavy (non-hydrogen) atoms. The lowest BCUT2D eigenvalue weighted by molar-refractivity contribution is 0.292. The average molecular weight is 349 g/mol. The number of ether oxygens (including phenoxy) is 1. The second-order valence-corrected chi connectivity index (χ2v) is 6.50. The lowest BCUT2D eigenvalue weighted by atomic mass is 10.1. The predicted octanol–water partition coefficient (Wildman–Crippen LogP) is 3.18. The van der Waals surface area contributed by atoms with Crippen molar-refractivity contribution < 1.29 is 4.74 Å². The second kappa shape index (κ2) is 11.7. The molecular weight excluding hydrogens is 312 g/mol. The zero-order chi connectivity index (χ0) is 18.7. The van der Waals surface area contributed by atoms with Crippen LogP contribution in [0, 0.1) is 6.92 Å². The van der Waals surface area contributed by atoms with Gasteiger partial charge in [0.1, 0.15) is 5.75 Å². The maximum atomic E-state index is 5.34. The van der Waals surface area contributed by atoms with Crippen molar-refractivity contribution in [1.29, 1.82) is 0 Å². The van der Waals surface area contributed by atoms with Crippen molar-refractivity contribution in [2.45, 2.75) is 53.1 Å². The van der Waals surface area contributed by atoms with E-state index in [1.165, 1.54) is 17.5 Å². The van der Waals surface area contributed by atoms with Crippen LogP contribution in [0.15, 0.2) is 23.2 Å². The minimum Gasteiger partial charge on any atom is -0.497 e. The molecule has 0 heterocycles. The van der Waals surface area contributed by atoms with Crippen molar-refractivity contribution >= 4 is 5.96 Å². The fourth-order valence-corrected chi connectivity index (χ4v) is 2.89. The van der Waals surface area contributed by atoms with Gasteiger partial charge < -0.3 is 20.3 Å². The number of rotatable bonds is 10. The first kappa shape index (κ1) is 21.3. The Hall–Kier alpha value is -1.75. The summed E-state index contributed by atoms with van der Waals surface area (Å²) in [6.45, 7) is 12.9. The molecule has 1 atom stereocenters. The number of nitrogens with zero attached hydrogens (tertiary/aromatic N) is 2. The zero-order valence-electron chi connectivity index (χ0n) is 16.9. The number of benzene rings is 1. The molecule has 0 aliphatic heterocycles. The Labute approximate surface area is 153 Å². The van der Waals surface area contributed by atoms with Crippen LogP contribution in [-0.4, -0.2) is 50.7 Å². The molecule has 0 amide bonds. The Bertz CT molecular complexity index is 526. The van der Waals surface area contributed by atoms with Gasteiger partial charge in [0.25, 0.3) is 0 Å². The largest absolute Gasteiger partial charge is 0.497 e. The van der Waals surface area contributed by atoms with Crippen LogP contribution in [0.2, 0.25) is 0 Å². The van der Waals surface area contributed by atoms with Crippen molar-refractivity contribution in [3.8, 4) is 5.75 Å². The molecule has 0 fully saturated rings. The Morgan fingerprint density at radius 3 is 2.56 bits per heavy atom. The van der Waals surface area contributed by atoms with Gasteiger partial charge in [-0.2, -0.15) is 0 Å². The van der Waals surface area contributed by atoms with E-state index in [9.17, 15) is 0 Å². The summed E-state index contributed by atoms with van der Waals surface area (Å²) < 4.78 is 5.34. The third-order valence-electron chi connectivity index (χ3n) is 4.42. The summed E-state index contributed by atoms with van der Waals surface area (Å²) in [5.41, 5.74) is 2.39. The molecule has 5 heteroatoms. The first-order valence-corrected chi connectivity index (χ1v) is 9.36. The van der Waals surface area contributed by atoms with Crippen LogP contribution in [0.1, 0.15) is 44.7 Å². The number of hydrogen-bond donors (Lipinski definition) is 2. The number of aryl methyl sites for hydroxylation is 1. The molecule has 2 N–H and O–H groups in total. The molecule has 0 aliphatic rings. The summed E-state index contributed by atoms with van der Waals surface area (Å²) in [7, 11) is 3.52. The van der Waals surface area contributed by atoms with E-state index >= 15 is 0 Å². The van der Waals surface area contributed by atoms with Crippen LogP contribution < -0.4 is 15.4 Å². The summed E-state index contributed by atoms with van der Waals surface area (Å²) in [4.78, 5) is 6.80. The molecule has 0 saturated carbocycles. The fourth-order valence-electron chi connectivity index (χ4n) is 2.89. The summed E-state index contributed by atoms with van der Waals surface area (Å²) in [5.74, 6) is 1.74. The molecule has 0 radical (unpaired) electrons. The normalized spacial score (nSPS) is 13.0. The Balaban J connectivity index is 2.42. The highest BCUT2D eigenvalue weighted by Gasteiger charge is 2.07. The van der Waals surface area contributed by atoms with Crippen LogP contribution in [0.25, 0.3) is 0 Å². The van der Waals surface area contributed by atoms with E-state index in [2.05, 4.69) is 60.4 Å². The van der Waals surface area contributed by atoms with Gasteiger partial charge in [-0.15, -0.1) is 0 Å². The van der Waals surface area contributed by atoms with E-state index < -0.39 is 0 Å². The zero-order valence-corrected chi connectivity index (χ0v) is 16.9. The minimum atomic E-state index is 0.397. The lowest BCUT2D eigenvalue weighted by Crippen LogP contribution is -2.42. The van der Waals surface area contributed by atoms with Crippen molar-refractivity contribution in [1.82, 2.24) is 15.5 Å². The number of methoxy groups -OCH3 is 1. The van der Waals surface area contributed by atoms with Gasteiger partial charge in [0.15, 0.2) is 5.96 Å². The maximum Gasteiger partial charge on any atom is 0.191 e. The van der Waals surface area contributed by atoms with Crippen LogP contribution in [0.4, 0.5) is 0 Å². The van der Waals surface area contributed by atoms with Gasteiger partial charge in [-0.25, -0.2) is 0 Å². The highest BCUT2D eigenvalue weighted by Crippen LogP contribution is 2.16. The maximum absolute atomic E-state index is 5.34. The molecule has 0 bridgehead atoms. The number of hydrogen-bond acceptors (Lipinski definition) is 3. The van der Waals surface area contributed by atoms with Crippen molar-refractivity contribution in [2.24, 2.45) is 4.99 Å². The monoisotopic (exact) mass is 348 g/mol. The molecule has 5 nitrogen and oxygen atoms in total. The van der Waals surface area contributed by atoms with E-state index in [0.717, 1.165) is 44.3 Å². The molecule has 1 unspecified atom stereocenters. The number of nitrogens with one attached hydrogen (secondary N) is 2. The Morgan fingerprint density at radius 2 is 1.96 bits per heavy atom.